The van der Waals surface area contributed by atoms with Gasteiger partial charge < -0.3 is 10.4 Å². The highest BCUT2D eigenvalue weighted by atomic mass is 16.2. The summed E-state index contributed by atoms with van der Waals surface area (Å²) in [5.74, 6) is 5.31. The van der Waals surface area contributed by atoms with Crippen LogP contribution in [0.15, 0.2) is 18.2 Å². The molecule has 3 heteroatoms. The molecule has 0 radical (unpaired) electrons. The lowest BCUT2D eigenvalue weighted by Gasteiger charge is -2.15. The Balaban J connectivity index is 3.03. The molecule has 1 amide bonds. The fraction of sp³-hybridized carbons (Fsp3) is 0.438. The van der Waals surface area contributed by atoms with Crippen molar-refractivity contribution in [3.05, 3.63) is 34.9 Å². The lowest BCUT2D eigenvalue weighted by atomic mass is 10.0. The maximum atomic E-state index is 12.3. The molecule has 0 unspecified atom stereocenters. The molecule has 1 aromatic rings. The molecule has 3 nitrogen and oxygen atoms in total. The summed E-state index contributed by atoms with van der Waals surface area (Å²) in [5.41, 5.74) is 2.25. The molecule has 0 heterocycles. The Bertz CT molecular complexity index is 493. The van der Waals surface area contributed by atoms with Crippen LogP contribution < -0.4 is 5.32 Å². The first kappa shape index (κ1) is 15.3. The van der Waals surface area contributed by atoms with Gasteiger partial charge in [0.25, 0.3) is 5.91 Å². The predicted octanol–water partition coefficient (Wildman–Crippen LogP) is 2.26. The van der Waals surface area contributed by atoms with E-state index in [1.54, 1.807) is 0 Å². The van der Waals surface area contributed by atoms with Crippen molar-refractivity contribution in [1.29, 1.82) is 0 Å². The Kier molecular flexibility index (Phi) is 6.11. The number of hydrogen-bond acceptors (Lipinski definition) is 2. The highest BCUT2D eigenvalue weighted by Gasteiger charge is 2.13. The minimum Gasteiger partial charge on any atom is -0.384 e. The molecule has 0 aliphatic carbocycles. The van der Waals surface area contributed by atoms with Crippen molar-refractivity contribution in [1.82, 2.24) is 5.32 Å². The van der Waals surface area contributed by atoms with Gasteiger partial charge >= 0.3 is 0 Å². The lowest BCUT2D eigenvalue weighted by Crippen LogP contribution is -2.34. The van der Waals surface area contributed by atoms with Crippen LogP contribution in [0.3, 0.4) is 0 Å². The van der Waals surface area contributed by atoms with Gasteiger partial charge in [-0.05, 0) is 31.9 Å². The molecule has 19 heavy (non-hydrogen) atoms. The maximum absolute atomic E-state index is 12.3. The van der Waals surface area contributed by atoms with Gasteiger partial charge in [0, 0.05) is 11.6 Å². The van der Waals surface area contributed by atoms with E-state index < -0.39 is 0 Å². The van der Waals surface area contributed by atoms with Crippen LogP contribution in [0, 0.1) is 18.8 Å². The Morgan fingerprint density at radius 1 is 1.37 bits per heavy atom. The second-order valence-electron chi connectivity index (χ2n) is 4.50. The quantitative estimate of drug-likeness (QED) is 0.815. The van der Waals surface area contributed by atoms with Crippen molar-refractivity contribution in [3.63, 3.8) is 0 Å². The molecule has 0 bridgehead atoms. The largest absolute Gasteiger partial charge is 0.384 e. The monoisotopic (exact) mass is 259 g/mol. The van der Waals surface area contributed by atoms with Crippen LogP contribution in [0.2, 0.25) is 0 Å². The summed E-state index contributed by atoms with van der Waals surface area (Å²) in [6.07, 6.45) is 1.82. The van der Waals surface area contributed by atoms with Crippen LogP contribution in [0.4, 0.5) is 0 Å². The fourth-order valence-electron chi connectivity index (χ4n) is 1.85. The first-order chi connectivity index (χ1) is 9.12. The van der Waals surface area contributed by atoms with Gasteiger partial charge in [0.05, 0.1) is 5.56 Å². The summed E-state index contributed by atoms with van der Waals surface area (Å²) in [7, 11) is 0. The van der Waals surface area contributed by atoms with Crippen LogP contribution in [0.5, 0.6) is 0 Å². The first-order valence-corrected chi connectivity index (χ1v) is 6.63. The number of hydrogen-bond donors (Lipinski definition) is 2. The zero-order valence-corrected chi connectivity index (χ0v) is 11.8. The molecule has 0 spiro atoms. The number of nitrogens with one attached hydrogen (secondary N) is 1. The van der Waals surface area contributed by atoms with Crippen LogP contribution >= 0.6 is 0 Å². The van der Waals surface area contributed by atoms with Gasteiger partial charge in [-0.15, -0.1) is 0 Å². The van der Waals surface area contributed by atoms with Crippen LogP contribution in [0.1, 0.15) is 48.2 Å². The molecule has 102 valence electrons. The number of carbonyl (C=O) groups is 1. The first-order valence-electron chi connectivity index (χ1n) is 6.63. The average Bonchev–Trinajstić information content (AvgIpc) is 2.43. The summed E-state index contributed by atoms with van der Waals surface area (Å²) >= 11 is 0. The smallest absolute Gasteiger partial charge is 0.252 e. The Morgan fingerprint density at radius 3 is 2.63 bits per heavy atom. The number of amides is 1. The Labute approximate surface area is 115 Å². The Morgan fingerprint density at radius 2 is 2.05 bits per heavy atom. The summed E-state index contributed by atoms with van der Waals surface area (Å²) in [4.78, 5) is 12.3. The van der Waals surface area contributed by atoms with Gasteiger partial charge in [-0.1, -0.05) is 37.3 Å². The molecule has 0 aliphatic heterocycles. The van der Waals surface area contributed by atoms with E-state index in [1.807, 2.05) is 25.1 Å². The molecule has 0 atom stereocenters. The third kappa shape index (κ3) is 4.42. The zero-order chi connectivity index (χ0) is 14.3. The number of aliphatic hydroxyl groups excluding tert-OH is 1. The molecule has 2 N–H and O–H groups in total. The highest BCUT2D eigenvalue weighted by molar-refractivity contribution is 5.97. The van der Waals surface area contributed by atoms with Crippen molar-refractivity contribution in [3.8, 4) is 11.8 Å². The van der Waals surface area contributed by atoms with Crippen LogP contribution in [-0.4, -0.2) is 23.7 Å². The fourth-order valence-corrected chi connectivity index (χ4v) is 1.85. The normalized spacial score (nSPS) is 9.95. The lowest BCUT2D eigenvalue weighted by molar-refractivity contribution is 0.0934. The van der Waals surface area contributed by atoms with E-state index in [0.717, 1.165) is 18.4 Å². The third-order valence-electron chi connectivity index (χ3n) is 3.04. The predicted molar refractivity (Wildman–Crippen MR) is 77.0 cm³/mol. The maximum Gasteiger partial charge on any atom is 0.252 e. The topological polar surface area (TPSA) is 49.3 Å². The molecule has 1 rings (SSSR count). The van der Waals surface area contributed by atoms with Crippen LogP contribution in [-0.2, 0) is 0 Å². The van der Waals surface area contributed by atoms with Gasteiger partial charge in [-0.25, -0.2) is 0 Å². The van der Waals surface area contributed by atoms with Crippen molar-refractivity contribution in [2.75, 3.05) is 6.61 Å². The number of rotatable bonds is 4. The van der Waals surface area contributed by atoms with E-state index in [1.165, 1.54) is 0 Å². The summed E-state index contributed by atoms with van der Waals surface area (Å²) < 4.78 is 0. The molecular formula is C16H21NO2. The summed E-state index contributed by atoms with van der Waals surface area (Å²) in [5, 5.41) is 11.8. The minimum absolute atomic E-state index is 0.0976. The van der Waals surface area contributed by atoms with E-state index in [0.29, 0.717) is 11.1 Å². The SMILES string of the molecule is CCC(CC)NC(=O)c1cc(C)ccc1C#CCO. The van der Waals surface area contributed by atoms with Gasteiger partial charge in [-0.3, -0.25) is 4.79 Å². The van der Waals surface area contributed by atoms with Crippen LogP contribution in [0.25, 0.3) is 0 Å². The number of benzene rings is 1. The molecule has 0 aliphatic rings. The van der Waals surface area contributed by atoms with E-state index in [2.05, 4.69) is 31.0 Å². The second kappa shape index (κ2) is 7.60. The number of aryl methyl sites for hydroxylation is 1. The van der Waals surface area contributed by atoms with Gasteiger partial charge in [0.15, 0.2) is 0 Å². The van der Waals surface area contributed by atoms with Crippen molar-refractivity contribution in [2.45, 2.75) is 39.7 Å². The van der Waals surface area contributed by atoms with Crippen molar-refractivity contribution >= 4 is 5.91 Å². The standard InChI is InChI=1S/C16H21NO2/c1-4-14(5-2)17-16(19)15-11-12(3)8-9-13(15)7-6-10-18/h8-9,11,14,18H,4-5,10H2,1-3H3,(H,17,19). The second-order valence-corrected chi connectivity index (χ2v) is 4.50. The zero-order valence-electron chi connectivity index (χ0n) is 11.8. The van der Waals surface area contributed by atoms with E-state index >= 15 is 0 Å². The molecule has 1 aromatic carbocycles. The van der Waals surface area contributed by atoms with E-state index in [4.69, 9.17) is 5.11 Å². The molecule has 0 saturated carbocycles. The molecule has 0 fully saturated rings. The molecular weight excluding hydrogens is 238 g/mol. The van der Waals surface area contributed by atoms with Gasteiger partial charge in [0.1, 0.15) is 6.61 Å². The minimum atomic E-state index is -0.207. The summed E-state index contributed by atoms with van der Waals surface area (Å²) in [6.45, 7) is 5.84. The third-order valence-corrected chi connectivity index (χ3v) is 3.04. The van der Waals surface area contributed by atoms with Crippen molar-refractivity contribution < 1.29 is 9.90 Å². The van der Waals surface area contributed by atoms with E-state index in [9.17, 15) is 4.79 Å². The van der Waals surface area contributed by atoms with Gasteiger partial charge in [-0.2, -0.15) is 0 Å². The average molecular weight is 259 g/mol. The molecule has 0 saturated heterocycles. The molecule has 0 aromatic heterocycles. The Hall–Kier alpha value is -1.79. The summed E-state index contributed by atoms with van der Waals surface area (Å²) in [6, 6.07) is 5.75. The highest BCUT2D eigenvalue weighted by Crippen LogP contribution is 2.12. The number of carbonyl (C=O) groups excluding carboxylic acids is 1. The van der Waals surface area contributed by atoms with E-state index in [-0.39, 0.29) is 18.6 Å². The van der Waals surface area contributed by atoms with Crippen molar-refractivity contribution in [2.24, 2.45) is 0 Å². The number of aliphatic hydroxyl groups is 1. The van der Waals surface area contributed by atoms with Gasteiger partial charge in [0.2, 0.25) is 0 Å².